The lowest BCUT2D eigenvalue weighted by molar-refractivity contribution is 0.659. The summed E-state index contributed by atoms with van der Waals surface area (Å²) in [4.78, 5) is 20.5. The first-order chi connectivity index (χ1) is 14.9. The molecule has 0 aliphatic heterocycles. The molecule has 0 saturated carbocycles. The molecule has 0 fully saturated rings. The molecule has 0 saturated heterocycles. The molecule has 0 atom stereocenters. The van der Waals surface area contributed by atoms with Crippen molar-refractivity contribution in [3.8, 4) is 0 Å². The molecule has 7 heteroatoms. The summed E-state index contributed by atoms with van der Waals surface area (Å²) in [6, 6.07) is 13.8. The van der Waals surface area contributed by atoms with Crippen molar-refractivity contribution in [2.75, 3.05) is 0 Å². The minimum Gasteiger partial charge on any atom is -0.283 e. The Morgan fingerprint density at radius 3 is 2.52 bits per heavy atom. The minimum absolute atomic E-state index is 0.0173. The van der Waals surface area contributed by atoms with Crippen molar-refractivity contribution in [2.45, 2.75) is 44.6 Å². The zero-order chi connectivity index (χ0) is 22.1. The molecular formula is C24H22Cl2N2OS2. The van der Waals surface area contributed by atoms with Gasteiger partial charge in [-0.1, -0.05) is 77.8 Å². The maximum Gasteiger partial charge on any atom is 0.263 e. The van der Waals surface area contributed by atoms with Crippen LogP contribution in [0, 0.1) is 13.8 Å². The number of fused-ring (bicyclic) bond motifs is 1. The topological polar surface area (TPSA) is 34.9 Å². The number of nitrogens with zero attached hydrogens (tertiary/aromatic N) is 2. The van der Waals surface area contributed by atoms with Crippen LogP contribution in [0.15, 0.2) is 52.4 Å². The van der Waals surface area contributed by atoms with Gasteiger partial charge in [0.15, 0.2) is 5.16 Å². The largest absolute Gasteiger partial charge is 0.283 e. The SMILES string of the molecule is CCc1sc2nc(SCc3ccc(Cl)cc3Cl)n(Cc3ccc(C)cc3)c(=O)c2c1C. The third-order valence-electron chi connectivity index (χ3n) is 5.27. The van der Waals surface area contributed by atoms with Gasteiger partial charge in [-0.15, -0.1) is 11.3 Å². The van der Waals surface area contributed by atoms with Gasteiger partial charge >= 0.3 is 0 Å². The van der Waals surface area contributed by atoms with Crippen molar-refractivity contribution in [3.05, 3.63) is 90.0 Å². The van der Waals surface area contributed by atoms with E-state index in [2.05, 4.69) is 38.1 Å². The van der Waals surface area contributed by atoms with Crippen LogP contribution in [0.1, 0.15) is 34.1 Å². The van der Waals surface area contributed by atoms with Gasteiger partial charge in [0.1, 0.15) is 4.83 Å². The van der Waals surface area contributed by atoms with E-state index in [0.29, 0.717) is 27.5 Å². The molecule has 2 aromatic heterocycles. The molecule has 4 rings (SSSR count). The van der Waals surface area contributed by atoms with Crippen LogP contribution in [0.4, 0.5) is 0 Å². The molecule has 0 bridgehead atoms. The Labute approximate surface area is 200 Å². The number of hydrogen-bond acceptors (Lipinski definition) is 4. The Hall–Kier alpha value is -1.79. The molecule has 0 spiro atoms. The van der Waals surface area contributed by atoms with E-state index in [-0.39, 0.29) is 5.56 Å². The summed E-state index contributed by atoms with van der Waals surface area (Å²) >= 11 is 15.5. The number of aromatic nitrogens is 2. The second-order valence-electron chi connectivity index (χ2n) is 7.48. The molecule has 0 aliphatic carbocycles. The summed E-state index contributed by atoms with van der Waals surface area (Å²) in [5.74, 6) is 0.604. The first-order valence-electron chi connectivity index (χ1n) is 10.0. The molecule has 2 heterocycles. The lowest BCUT2D eigenvalue weighted by Gasteiger charge is -2.13. The van der Waals surface area contributed by atoms with Gasteiger partial charge < -0.3 is 0 Å². The normalized spacial score (nSPS) is 11.4. The summed E-state index contributed by atoms with van der Waals surface area (Å²) < 4.78 is 1.79. The van der Waals surface area contributed by atoms with Crippen LogP contribution in [-0.4, -0.2) is 9.55 Å². The maximum absolute atomic E-state index is 13.6. The van der Waals surface area contributed by atoms with Gasteiger partial charge in [-0.05, 0) is 49.1 Å². The van der Waals surface area contributed by atoms with Crippen molar-refractivity contribution in [2.24, 2.45) is 0 Å². The highest BCUT2D eigenvalue weighted by Crippen LogP contribution is 2.32. The van der Waals surface area contributed by atoms with Crippen molar-refractivity contribution in [3.63, 3.8) is 0 Å². The van der Waals surface area contributed by atoms with E-state index in [1.165, 1.54) is 22.2 Å². The van der Waals surface area contributed by atoms with Gasteiger partial charge in [0, 0.05) is 20.7 Å². The molecule has 31 heavy (non-hydrogen) atoms. The monoisotopic (exact) mass is 488 g/mol. The molecule has 0 amide bonds. The molecular weight excluding hydrogens is 467 g/mol. The summed E-state index contributed by atoms with van der Waals surface area (Å²) in [5.41, 5.74) is 4.30. The minimum atomic E-state index is 0.0173. The van der Waals surface area contributed by atoms with E-state index < -0.39 is 0 Å². The van der Waals surface area contributed by atoms with Crippen LogP contribution in [0.25, 0.3) is 10.2 Å². The van der Waals surface area contributed by atoms with Gasteiger partial charge in [-0.3, -0.25) is 9.36 Å². The van der Waals surface area contributed by atoms with Gasteiger partial charge in [0.05, 0.1) is 11.9 Å². The Kier molecular flexibility index (Phi) is 6.77. The highest BCUT2D eigenvalue weighted by molar-refractivity contribution is 7.98. The average molecular weight is 489 g/mol. The number of hydrogen-bond donors (Lipinski definition) is 0. The zero-order valence-corrected chi connectivity index (χ0v) is 20.7. The van der Waals surface area contributed by atoms with E-state index >= 15 is 0 Å². The summed E-state index contributed by atoms with van der Waals surface area (Å²) in [6.45, 7) is 6.68. The maximum atomic E-state index is 13.6. The number of benzene rings is 2. The third kappa shape index (κ3) is 4.70. The van der Waals surface area contributed by atoms with Crippen LogP contribution < -0.4 is 5.56 Å². The zero-order valence-electron chi connectivity index (χ0n) is 17.5. The fourth-order valence-electron chi connectivity index (χ4n) is 3.49. The van der Waals surface area contributed by atoms with Crippen molar-refractivity contribution in [1.82, 2.24) is 9.55 Å². The van der Waals surface area contributed by atoms with Crippen LogP contribution in [0.3, 0.4) is 0 Å². The summed E-state index contributed by atoms with van der Waals surface area (Å²) in [7, 11) is 0. The van der Waals surface area contributed by atoms with E-state index in [0.717, 1.165) is 33.3 Å². The van der Waals surface area contributed by atoms with E-state index in [4.69, 9.17) is 28.2 Å². The first-order valence-corrected chi connectivity index (χ1v) is 12.6. The van der Waals surface area contributed by atoms with Gasteiger partial charge in [0.25, 0.3) is 5.56 Å². The number of rotatable bonds is 6. The lowest BCUT2D eigenvalue weighted by atomic mass is 10.1. The van der Waals surface area contributed by atoms with Gasteiger partial charge in [-0.25, -0.2) is 4.98 Å². The van der Waals surface area contributed by atoms with Gasteiger partial charge in [0.2, 0.25) is 0 Å². The van der Waals surface area contributed by atoms with Crippen LogP contribution in [0.5, 0.6) is 0 Å². The third-order valence-corrected chi connectivity index (χ3v) is 8.21. The fraction of sp³-hybridized carbons (Fsp3) is 0.250. The standard InChI is InChI=1S/C24H22Cl2N2OS2/c1-4-20-15(3)21-22(31-20)27-24(30-13-17-9-10-18(25)11-19(17)26)28(23(21)29)12-16-7-5-14(2)6-8-16/h5-11H,4,12-13H2,1-3H3. The van der Waals surface area contributed by atoms with E-state index in [1.807, 2.05) is 19.1 Å². The number of thioether (sulfide) groups is 1. The highest BCUT2D eigenvalue weighted by Gasteiger charge is 2.18. The highest BCUT2D eigenvalue weighted by atomic mass is 35.5. The molecule has 0 aliphatic rings. The Morgan fingerprint density at radius 2 is 1.84 bits per heavy atom. The van der Waals surface area contributed by atoms with Crippen LogP contribution in [-0.2, 0) is 18.7 Å². The molecule has 2 aromatic carbocycles. The van der Waals surface area contributed by atoms with Crippen molar-refractivity contribution in [1.29, 1.82) is 0 Å². The second-order valence-corrected chi connectivity index (χ2v) is 10.3. The molecule has 4 aromatic rings. The first kappa shape index (κ1) is 22.4. The number of thiophene rings is 1. The van der Waals surface area contributed by atoms with Crippen molar-refractivity contribution >= 4 is 56.5 Å². The Balaban J connectivity index is 1.79. The Morgan fingerprint density at radius 1 is 1.10 bits per heavy atom. The lowest BCUT2D eigenvalue weighted by Crippen LogP contribution is -2.24. The predicted molar refractivity (Wildman–Crippen MR) is 134 cm³/mol. The second kappa shape index (κ2) is 9.37. The predicted octanol–water partition coefficient (Wildman–Crippen LogP) is 7.28. The summed E-state index contributed by atoms with van der Waals surface area (Å²) in [6.07, 6.45) is 0.896. The van der Waals surface area contributed by atoms with Crippen LogP contribution in [0.2, 0.25) is 10.0 Å². The smallest absolute Gasteiger partial charge is 0.263 e. The fourth-order valence-corrected chi connectivity index (χ4v) is 6.20. The summed E-state index contributed by atoms with van der Waals surface area (Å²) in [5, 5.41) is 2.67. The molecule has 0 radical (unpaired) electrons. The quantitative estimate of drug-likeness (QED) is 0.211. The molecule has 160 valence electrons. The molecule has 3 nitrogen and oxygen atoms in total. The average Bonchev–Trinajstić information content (AvgIpc) is 3.07. The molecule has 0 unspecified atom stereocenters. The number of aryl methyl sites for hydroxylation is 3. The van der Waals surface area contributed by atoms with E-state index in [9.17, 15) is 4.79 Å². The van der Waals surface area contributed by atoms with E-state index in [1.54, 1.807) is 22.0 Å². The molecule has 0 N–H and O–H groups in total. The van der Waals surface area contributed by atoms with Crippen molar-refractivity contribution < 1.29 is 0 Å². The van der Waals surface area contributed by atoms with Gasteiger partial charge in [-0.2, -0.15) is 0 Å². The Bertz CT molecular complexity index is 1310. The number of halogens is 2. The van der Waals surface area contributed by atoms with Crippen LogP contribution >= 0.6 is 46.3 Å².